The number of nitrogens with one attached hydrogen (secondary N) is 2. The van der Waals surface area contributed by atoms with Gasteiger partial charge in [-0.1, -0.05) is 60.9 Å². The van der Waals surface area contributed by atoms with Crippen molar-refractivity contribution >= 4 is 33.4 Å². The van der Waals surface area contributed by atoms with Crippen LogP contribution < -0.4 is 10.6 Å². The van der Waals surface area contributed by atoms with Gasteiger partial charge in [-0.2, -0.15) is 5.10 Å². The van der Waals surface area contributed by atoms with Gasteiger partial charge in [0.1, 0.15) is 10.5 Å². The molecule has 5 rings (SSSR count). The maximum absolute atomic E-state index is 12.9. The van der Waals surface area contributed by atoms with Crippen molar-refractivity contribution < 1.29 is 9.59 Å². The molecule has 1 aliphatic carbocycles. The minimum Gasteiger partial charge on any atom is -0.356 e. The van der Waals surface area contributed by atoms with Gasteiger partial charge in [0.25, 0.3) is 5.91 Å². The number of thiophene rings is 1. The van der Waals surface area contributed by atoms with Crippen LogP contribution in [-0.4, -0.2) is 34.7 Å². The molecule has 0 unspecified atom stereocenters. The molecule has 2 amide bonds. The van der Waals surface area contributed by atoms with Gasteiger partial charge in [0.15, 0.2) is 0 Å². The molecule has 0 aliphatic heterocycles. The minimum absolute atomic E-state index is 0.0946. The monoisotopic (exact) mass is 486 g/mol. The molecule has 0 bridgehead atoms. The summed E-state index contributed by atoms with van der Waals surface area (Å²) in [6, 6.07) is 20.2. The van der Waals surface area contributed by atoms with E-state index < -0.39 is 0 Å². The molecule has 2 N–H and O–H groups in total. The largest absolute Gasteiger partial charge is 0.356 e. The number of hydrogen-bond donors (Lipinski definition) is 2. The molecule has 35 heavy (non-hydrogen) atoms. The molecule has 1 fully saturated rings. The van der Waals surface area contributed by atoms with E-state index in [1.165, 1.54) is 16.9 Å². The summed E-state index contributed by atoms with van der Waals surface area (Å²) < 4.78 is 1.93. The highest BCUT2D eigenvalue weighted by Gasteiger charge is 2.22. The highest BCUT2D eigenvalue weighted by Crippen LogP contribution is 2.35. The van der Waals surface area contributed by atoms with Gasteiger partial charge < -0.3 is 10.6 Å². The van der Waals surface area contributed by atoms with Crippen molar-refractivity contribution in [3.63, 3.8) is 0 Å². The number of nitrogens with zero attached hydrogens (tertiary/aromatic N) is 2. The molecule has 1 aliphatic rings. The summed E-state index contributed by atoms with van der Waals surface area (Å²) in [4.78, 5) is 26.7. The Hall–Kier alpha value is -3.45. The van der Waals surface area contributed by atoms with Gasteiger partial charge >= 0.3 is 0 Å². The molecule has 6 nitrogen and oxygen atoms in total. The Morgan fingerprint density at radius 2 is 1.71 bits per heavy atom. The van der Waals surface area contributed by atoms with Crippen molar-refractivity contribution in [3.8, 4) is 16.9 Å². The number of fused-ring (bicyclic) bond motifs is 1. The molecule has 2 aromatic carbocycles. The van der Waals surface area contributed by atoms with Crippen LogP contribution in [-0.2, 0) is 4.79 Å². The zero-order chi connectivity index (χ0) is 24.2. The number of carbonyl (C=O) groups excluding carboxylic acids is 2. The Kier molecular flexibility index (Phi) is 6.95. The van der Waals surface area contributed by atoms with Gasteiger partial charge in [-0.05, 0) is 44.4 Å². The lowest BCUT2D eigenvalue weighted by molar-refractivity contribution is -0.124. The molecular weight excluding hydrogens is 456 g/mol. The minimum atomic E-state index is -0.0946. The summed E-state index contributed by atoms with van der Waals surface area (Å²) in [6.45, 7) is 3.17. The second kappa shape index (κ2) is 10.4. The Labute approximate surface area is 209 Å². The summed E-state index contributed by atoms with van der Waals surface area (Å²) in [5.41, 5.74) is 4.04. The Morgan fingerprint density at radius 1 is 1.00 bits per heavy atom. The van der Waals surface area contributed by atoms with E-state index >= 15 is 0 Å². The summed E-state index contributed by atoms with van der Waals surface area (Å²) in [7, 11) is 0. The van der Waals surface area contributed by atoms with Gasteiger partial charge in [0.05, 0.1) is 10.6 Å². The van der Waals surface area contributed by atoms with E-state index in [1.54, 1.807) is 0 Å². The third-order valence-corrected chi connectivity index (χ3v) is 7.68. The first-order chi connectivity index (χ1) is 17.1. The van der Waals surface area contributed by atoms with E-state index in [1.807, 2.05) is 41.1 Å². The Balaban J connectivity index is 1.30. The SMILES string of the molecule is Cc1ccc(-n2nc(-c3ccccc3)c3cc(C(=O)NCCCNC(=O)C4CCCC4)sc32)cc1. The predicted octanol–water partition coefficient (Wildman–Crippen LogP) is 5.49. The van der Waals surface area contributed by atoms with E-state index in [0.29, 0.717) is 24.4 Å². The maximum Gasteiger partial charge on any atom is 0.261 e. The first kappa shape index (κ1) is 23.3. The van der Waals surface area contributed by atoms with Crippen LogP contribution in [0.4, 0.5) is 0 Å². The van der Waals surface area contributed by atoms with Crippen LogP contribution in [0.3, 0.4) is 0 Å². The topological polar surface area (TPSA) is 76.0 Å². The Bertz CT molecular complexity index is 1320. The third kappa shape index (κ3) is 5.15. The van der Waals surface area contributed by atoms with Gasteiger partial charge in [0, 0.05) is 30.0 Å². The number of amides is 2. The average Bonchev–Trinajstić information content (AvgIpc) is 3.62. The fraction of sp³-hybridized carbons (Fsp3) is 0.321. The number of carbonyl (C=O) groups is 2. The third-order valence-electron chi connectivity index (χ3n) is 6.57. The van der Waals surface area contributed by atoms with Crippen LogP contribution in [0, 0.1) is 12.8 Å². The second-order valence-electron chi connectivity index (χ2n) is 9.17. The van der Waals surface area contributed by atoms with E-state index in [2.05, 4.69) is 41.8 Å². The van der Waals surface area contributed by atoms with Crippen molar-refractivity contribution in [2.24, 2.45) is 5.92 Å². The highest BCUT2D eigenvalue weighted by atomic mass is 32.1. The molecule has 4 aromatic rings. The fourth-order valence-electron chi connectivity index (χ4n) is 4.61. The molecule has 1 saturated carbocycles. The standard InChI is InChI=1S/C28H30N4O2S/c1-19-12-14-22(15-13-19)32-28-23(25(31-32)20-8-3-2-4-9-20)18-24(35-28)27(34)30-17-7-16-29-26(33)21-10-5-6-11-21/h2-4,8-9,12-15,18,21H,5-7,10-11,16-17H2,1H3,(H,29,33)(H,30,34). The van der Waals surface area contributed by atoms with Gasteiger partial charge in [0.2, 0.25) is 5.91 Å². The van der Waals surface area contributed by atoms with Crippen molar-refractivity contribution in [1.29, 1.82) is 0 Å². The molecule has 2 aromatic heterocycles. The number of rotatable bonds is 8. The van der Waals surface area contributed by atoms with Crippen LogP contribution in [0.25, 0.3) is 27.2 Å². The van der Waals surface area contributed by atoms with Crippen molar-refractivity contribution in [2.45, 2.75) is 39.0 Å². The maximum atomic E-state index is 12.9. The summed E-state index contributed by atoms with van der Waals surface area (Å²) in [5.74, 6) is 0.241. The molecule has 7 heteroatoms. The number of hydrogen-bond acceptors (Lipinski definition) is 4. The predicted molar refractivity (Wildman–Crippen MR) is 141 cm³/mol. The van der Waals surface area contributed by atoms with E-state index in [9.17, 15) is 9.59 Å². The van der Waals surface area contributed by atoms with Crippen LogP contribution in [0.2, 0.25) is 0 Å². The van der Waals surface area contributed by atoms with Crippen LogP contribution >= 0.6 is 11.3 Å². The van der Waals surface area contributed by atoms with Crippen molar-refractivity contribution in [2.75, 3.05) is 13.1 Å². The van der Waals surface area contributed by atoms with E-state index in [0.717, 1.165) is 52.8 Å². The summed E-state index contributed by atoms with van der Waals surface area (Å²) in [5, 5.41) is 11.9. The van der Waals surface area contributed by atoms with Crippen molar-refractivity contribution in [1.82, 2.24) is 20.4 Å². The zero-order valence-corrected chi connectivity index (χ0v) is 20.7. The molecule has 0 spiro atoms. The van der Waals surface area contributed by atoms with E-state index in [-0.39, 0.29) is 17.7 Å². The molecule has 2 heterocycles. The quantitative estimate of drug-likeness (QED) is 0.324. The number of aromatic nitrogens is 2. The number of aryl methyl sites for hydroxylation is 1. The van der Waals surface area contributed by atoms with E-state index in [4.69, 9.17) is 5.10 Å². The fourth-order valence-corrected chi connectivity index (χ4v) is 5.66. The molecule has 0 radical (unpaired) electrons. The van der Waals surface area contributed by atoms with Gasteiger partial charge in [-0.15, -0.1) is 11.3 Å². The first-order valence-corrected chi connectivity index (χ1v) is 13.1. The van der Waals surface area contributed by atoms with Crippen LogP contribution in [0.1, 0.15) is 47.3 Å². The average molecular weight is 487 g/mol. The molecular formula is C28H30N4O2S. The Morgan fingerprint density at radius 3 is 2.46 bits per heavy atom. The summed E-state index contributed by atoms with van der Waals surface area (Å²) in [6.07, 6.45) is 5.01. The van der Waals surface area contributed by atoms with Crippen molar-refractivity contribution in [3.05, 3.63) is 71.1 Å². The second-order valence-corrected chi connectivity index (χ2v) is 10.2. The lowest BCUT2D eigenvalue weighted by atomic mass is 10.1. The lowest BCUT2D eigenvalue weighted by Gasteiger charge is -2.10. The van der Waals surface area contributed by atoms with Gasteiger partial charge in [-0.25, -0.2) is 4.68 Å². The normalized spacial score (nSPS) is 13.9. The number of benzene rings is 2. The summed E-state index contributed by atoms with van der Waals surface area (Å²) >= 11 is 1.45. The smallest absolute Gasteiger partial charge is 0.261 e. The molecule has 0 atom stereocenters. The molecule has 0 saturated heterocycles. The van der Waals surface area contributed by atoms with Gasteiger partial charge in [-0.3, -0.25) is 9.59 Å². The first-order valence-electron chi connectivity index (χ1n) is 12.3. The van der Waals surface area contributed by atoms with Crippen LogP contribution in [0.5, 0.6) is 0 Å². The lowest BCUT2D eigenvalue weighted by Crippen LogP contribution is -2.32. The zero-order valence-electron chi connectivity index (χ0n) is 19.9. The highest BCUT2D eigenvalue weighted by molar-refractivity contribution is 7.20. The molecule has 180 valence electrons. The van der Waals surface area contributed by atoms with Crippen LogP contribution in [0.15, 0.2) is 60.7 Å².